The summed E-state index contributed by atoms with van der Waals surface area (Å²) in [6.45, 7) is 1.29. The van der Waals surface area contributed by atoms with Gasteiger partial charge in [0, 0.05) is 38.1 Å². The first-order chi connectivity index (χ1) is 18.2. The third kappa shape index (κ3) is 7.05. The van der Waals surface area contributed by atoms with Gasteiger partial charge >= 0.3 is 0 Å². The molecule has 2 aliphatic rings. The van der Waals surface area contributed by atoms with E-state index in [1.54, 1.807) is 23.1 Å². The van der Waals surface area contributed by atoms with E-state index < -0.39 is 11.9 Å². The summed E-state index contributed by atoms with van der Waals surface area (Å²) in [4.78, 5) is 42.8. The number of hydrogen-bond acceptors (Lipinski definition) is 5. The van der Waals surface area contributed by atoms with Crippen LogP contribution < -0.4 is 16.8 Å². The van der Waals surface area contributed by atoms with Gasteiger partial charge in [0.25, 0.3) is 0 Å². The second-order valence-electron chi connectivity index (χ2n) is 10.2. The van der Waals surface area contributed by atoms with Crippen LogP contribution in [0.4, 0.5) is 0 Å². The number of rotatable bonds is 10. The van der Waals surface area contributed by atoms with Crippen LogP contribution in [0.1, 0.15) is 43.2 Å². The zero-order valence-electron chi connectivity index (χ0n) is 21.3. The summed E-state index contributed by atoms with van der Waals surface area (Å²) in [6, 6.07) is 14.3. The highest BCUT2D eigenvalue weighted by Gasteiger charge is 2.45. The lowest BCUT2D eigenvalue weighted by atomic mass is 10.0. The molecule has 0 bridgehead atoms. The van der Waals surface area contributed by atoms with E-state index in [0.717, 1.165) is 24.8 Å². The van der Waals surface area contributed by atoms with Crippen LogP contribution in [-0.2, 0) is 27.3 Å². The van der Waals surface area contributed by atoms with E-state index in [4.69, 9.17) is 34.7 Å². The van der Waals surface area contributed by atoms with Gasteiger partial charge in [-0.1, -0.05) is 59.6 Å². The molecule has 204 valence electrons. The van der Waals surface area contributed by atoms with E-state index in [2.05, 4.69) is 22.3 Å². The van der Waals surface area contributed by atoms with Crippen molar-refractivity contribution in [2.75, 3.05) is 13.1 Å². The van der Waals surface area contributed by atoms with Gasteiger partial charge in [0.15, 0.2) is 0 Å². The zero-order valence-corrected chi connectivity index (χ0v) is 22.8. The predicted molar refractivity (Wildman–Crippen MR) is 148 cm³/mol. The molecular formula is C28H35Cl2N5O3. The Morgan fingerprint density at radius 2 is 1.84 bits per heavy atom. The maximum atomic E-state index is 13.8. The lowest BCUT2D eigenvalue weighted by Crippen LogP contribution is -2.53. The molecule has 3 amide bonds. The van der Waals surface area contributed by atoms with Crippen molar-refractivity contribution in [3.63, 3.8) is 0 Å². The van der Waals surface area contributed by atoms with Crippen molar-refractivity contribution in [2.24, 2.45) is 11.5 Å². The highest BCUT2D eigenvalue weighted by molar-refractivity contribution is 6.42. The number of nitrogens with two attached hydrogens (primary N) is 2. The molecule has 2 unspecified atom stereocenters. The van der Waals surface area contributed by atoms with Crippen LogP contribution in [0, 0.1) is 0 Å². The van der Waals surface area contributed by atoms with Crippen molar-refractivity contribution >= 4 is 40.9 Å². The summed E-state index contributed by atoms with van der Waals surface area (Å²) in [7, 11) is 0. The van der Waals surface area contributed by atoms with E-state index in [1.165, 1.54) is 5.56 Å². The van der Waals surface area contributed by atoms with Crippen LogP contribution in [0.25, 0.3) is 0 Å². The number of amides is 3. The number of halogens is 2. The van der Waals surface area contributed by atoms with Crippen molar-refractivity contribution < 1.29 is 14.4 Å². The van der Waals surface area contributed by atoms with Crippen molar-refractivity contribution in [3.05, 3.63) is 69.7 Å². The number of benzene rings is 2. The van der Waals surface area contributed by atoms with Crippen molar-refractivity contribution in [1.82, 2.24) is 15.1 Å². The smallest absolute Gasteiger partial charge is 0.243 e. The Morgan fingerprint density at radius 3 is 2.55 bits per heavy atom. The summed E-state index contributed by atoms with van der Waals surface area (Å²) in [5.41, 5.74) is 13.8. The third-order valence-corrected chi connectivity index (χ3v) is 8.25. The van der Waals surface area contributed by atoms with Crippen LogP contribution in [-0.4, -0.2) is 64.8 Å². The minimum Gasteiger partial charge on any atom is -0.370 e. The van der Waals surface area contributed by atoms with Crippen molar-refractivity contribution in [2.45, 2.75) is 69.2 Å². The Morgan fingerprint density at radius 1 is 1.08 bits per heavy atom. The molecule has 0 radical (unpaired) electrons. The van der Waals surface area contributed by atoms with E-state index in [0.29, 0.717) is 29.6 Å². The van der Waals surface area contributed by atoms with Gasteiger partial charge < -0.3 is 21.7 Å². The fourth-order valence-corrected chi connectivity index (χ4v) is 5.88. The first-order valence-electron chi connectivity index (χ1n) is 13.1. The Balaban J connectivity index is 1.51. The molecule has 0 aromatic heterocycles. The molecule has 0 aliphatic carbocycles. The summed E-state index contributed by atoms with van der Waals surface area (Å²) in [6.07, 6.45) is 3.21. The highest BCUT2D eigenvalue weighted by Crippen LogP contribution is 2.30. The summed E-state index contributed by atoms with van der Waals surface area (Å²) in [5.74, 6) is -0.957. The second-order valence-corrected chi connectivity index (χ2v) is 11.0. The SMILES string of the molecule is NC(=O)CC[C@H](C(=O)NCc1ccc(Cl)c(Cl)c1)N1CCC(CCc2ccccc2)N2CC(N)C[C@H]2C1=O. The van der Waals surface area contributed by atoms with E-state index >= 15 is 0 Å². The van der Waals surface area contributed by atoms with Gasteiger partial charge in [0.1, 0.15) is 6.04 Å². The lowest BCUT2D eigenvalue weighted by Gasteiger charge is -2.32. The highest BCUT2D eigenvalue weighted by atomic mass is 35.5. The first kappa shape index (κ1) is 28.4. The molecule has 10 heteroatoms. The van der Waals surface area contributed by atoms with E-state index in [-0.39, 0.29) is 49.3 Å². The monoisotopic (exact) mass is 559 g/mol. The number of nitrogens with one attached hydrogen (secondary N) is 1. The molecule has 8 nitrogen and oxygen atoms in total. The van der Waals surface area contributed by atoms with Crippen LogP contribution in [0.5, 0.6) is 0 Å². The van der Waals surface area contributed by atoms with Gasteiger partial charge in [-0.05, 0) is 55.4 Å². The minimum absolute atomic E-state index is 0.0000294. The lowest BCUT2D eigenvalue weighted by molar-refractivity contribution is -0.143. The molecule has 38 heavy (non-hydrogen) atoms. The quantitative estimate of drug-likeness (QED) is 0.413. The fraction of sp³-hybridized carbons (Fsp3) is 0.464. The molecule has 5 N–H and O–H groups in total. The second kappa shape index (κ2) is 12.9. The number of hydrogen-bond donors (Lipinski definition) is 3. The maximum absolute atomic E-state index is 13.8. The standard InChI is InChI=1S/C28H35Cl2N5O3/c29-22-9-7-19(14-23(22)30)16-33-27(37)24(10-11-26(32)36)34-13-12-21(8-6-18-4-2-1-3-5-18)35-17-20(31)15-25(35)28(34)38/h1-5,7,9,14,20-21,24-25H,6,8,10-13,15-17,31H2,(H2,32,36)(H,33,37)/t20?,21?,24-,25+/m1/s1. The number of carbonyl (C=O) groups is 3. The average molecular weight is 561 g/mol. The van der Waals surface area contributed by atoms with Gasteiger partial charge in [-0.3, -0.25) is 19.3 Å². The Hall–Kier alpha value is -2.65. The summed E-state index contributed by atoms with van der Waals surface area (Å²) in [5, 5.41) is 3.73. The fourth-order valence-electron chi connectivity index (χ4n) is 5.56. The van der Waals surface area contributed by atoms with Gasteiger partial charge in [-0.25, -0.2) is 0 Å². The van der Waals surface area contributed by atoms with E-state index in [9.17, 15) is 14.4 Å². The zero-order chi connectivity index (χ0) is 27.2. The molecule has 4 atom stereocenters. The molecular weight excluding hydrogens is 525 g/mol. The molecule has 2 aromatic carbocycles. The van der Waals surface area contributed by atoms with E-state index in [1.807, 2.05) is 18.2 Å². The third-order valence-electron chi connectivity index (χ3n) is 7.51. The van der Waals surface area contributed by atoms with Crippen molar-refractivity contribution in [3.8, 4) is 0 Å². The molecule has 2 aromatic rings. The van der Waals surface area contributed by atoms with Gasteiger partial charge in [-0.15, -0.1) is 0 Å². The predicted octanol–water partition coefficient (Wildman–Crippen LogP) is 2.88. The number of aryl methyl sites for hydroxylation is 1. The number of carbonyl (C=O) groups excluding carboxylic acids is 3. The molecule has 4 rings (SSSR count). The molecule has 2 saturated heterocycles. The molecule has 2 aliphatic heterocycles. The van der Waals surface area contributed by atoms with Crippen LogP contribution in [0.15, 0.2) is 48.5 Å². The van der Waals surface area contributed by atoms with Gasteiger partial charge in [0.05, 0.1) is 16.1 Å². The Labute approximate surface area is 233 Å². The van der Waals surface area contributed by atoms with Crippen molar-refractivity contribution in [1.29, 1.82) is 0 Å². The molecule has 2 fully saturated rings. The number of nitrogens with zero attached hydrogens (tertiary/aromatic N) is 2. The largest absolute Gasteiger partial charge is 0.370 e. The van der Waals surface area contributed by atoms with Crippen LogP contribution in [0.2, 0.25) is 10.0 Å². The van der Waals surface area contributed by atoms with Crippen LogP contribution in [0.3, 0.4) is 0 Å². The molecule has 2 heterocycles. The maximum Gasteiger partial charge on any atom is 0.243 e. The summed E-state index contributed by atoms with van der Waals surface area (Å²) < 4.78 is 0. The van der Waals surface area contributed by atoms with Gasteiger partial charge in [-0.2, -0.15) is 0 Å². The Kier molecular flexibility index (Phi) is 9.65. The summed E-state index contributed by atoms with van der Waals surface area (Å²) >= 11 is 12.1. The molecule has 0 saturated carbocycles. The topological polar surface area (TPSA) is 122 Å². The Bertz CT molecular complexity index is 1150. The average Bonchev–Trinajstić information content (AvgIpc) is 3.24. The minimum atomic E-state index is -0.815. The molecule has 0 spiro atoms. The van der Waals surface area contributed by atoms with Gasteiger partial charge in [0.2, 0.25) is 17.7 Å². The first-order valence-corrected chi connectivity index (χ1v) is 13.8. The normalized spacial score (nSPS) is 22.6. The van der Waals surface area contributed by atoms with Crippen LogP contribution >= 0.6 is 23.2 Å². The number of fused-ring (bicyclic) bond motifs is 1. The number of primary amides is 1.